The van der Waals surface area contributed by atoms with E-state index < -0.39 is 0 Å². The van der Waals surface area contributed by atoms with Crippen LogP contribution < -0.4 is 10.2 Å². The highest BCUT2D eigenvalue weighted by Gasteiger charge is 2.15. The summed E-state index contributed by atoms with van der Waals surface area (Å²) in [5.41, 5.74) is 1.22. The second kappa shape index (κ2) is 6.85. The lowest BCUT2D eigenvalue weighted by atomic mass is 10.0. The first-order valence-electron chi connectivity index (χ1n) is 7.40. The van der Waals surface area contributed by atoms with Gasteiger partial charge in [0.15, 0.2) is 0 Å². The molecule has 106 valence electrons. The summed E-state index contributed by atoms with van der Waals surface area (Å²) in [4.78, 5) is 11.1. The maximum absolute atomic E-state index is 4.48. The number of nitrogens with one attached hydrogen (secondary N) is 1. The molecule has 0 aromatic carbocycles. The number of piperidine rings is 1. The zero-order valence-corrected chi connectivity index (χ0v) is 12.4. The van der Waals surface area contributed by atoms with Gasteiger partial charge in [0.2, 0.25) is 5.95 Å². The fourth-order valence-electron chi connectivity index (χ4n) is 2.61. The Bertz CT molecular complexity index is 368. The Labute approximate surface area is 116 Å². The Morgan fingerprint density at radius 1 is 1.32 bits per heavy atom. The minimum Gasteiger partial charge on any atom is -0.342 e. The third-order valence-electron chi connectivity index (χ3n) is 3.58. The average molecular weight is 262 g/mol. The topological polar surface area (TPSA) is 41.1 Å². The van der Waals surface area contributed by atoms with Crippen molar-refractivity contribution in [3.05, 3.63) is 18.0 Å². The molecule has 19 heavy (non-hydrogen) atoms. The first kappa shape index (κ1) is 14.3. The van der Waals surface area contributed by atoms with Gasteiger partial charge in [-0.1, -0.05) is 20.3 Å². The van der Waals surface area contributed by atoms with E-state index in [1.54, 1.807) is 0 Å². The molecule has 1 saturated heterocycles. The fraction of sp³-hybridized carbons (Fsp3) is 0.733. The van der Waals surface area contributed by atoms with Gasteiger partial charge in [-0.3, -0.25) is 0 Å². The van der Waals surface area contributed by atoms with Gasteiger partial charge in [-0.05, 0) is 37.3 Å². The molecule has 1 aromatic rings. The predicted molar refractivity (Wildman–Crippen MR) is 79.5 cm³/mol. The highest BCUT2D eigenvalue weighted by atomic mass is 15.2. The second-order valence-electron chi connectivity index (χ2n) is 6.02. The van der Waals surface area contributed by atoms with Crippen LogP contribution in [-0.2, 0) is 6.42 Å². The van der Waals surface area contributed by atoms with Crippen molar-refractivity contribution in [1.29, 1.82) is 0 Å². The molecule has 0 radical (unpaired) electrons. The number of likely N-dealkylation sites (N-methyl/N-ethyl adjacent to an activating group) is 1. The molecule has 1 unspecified atom stereocenters. The molecule has 1 N–H and O–H groups in total. The molecule has 1 aliphatic rings. The summed E-state index contributed by atoms with van der Waals surface area (Å²) in [6.45, 7) is 6.57. The second-order valence-corrected chi connectivity index (χ2v) is 6.02. The molecule has 1 aromatic heterocycles. The van der Waals surface area contributed by atoms with Gasteiger partial charge >= 0.3 is 0 Å². The molecule has 0 amide bonds. The summed E-state index contributed by atoms with van der Waals surface area (Å²) < 4.78 is 0. The molecule has 0 bridgehead atoms. The zero-order chi connectivity index (χ0) is 13.7. The van der Waals surface area contributed by atoms with E-state index in [2.05, 4.69) is 41.1 Å². The van der Waals surface area contributed by atoms with E-state index in [4.69, 9.17) is 0 Å². The first-order valence-corrected chi connectivity index (χ1v) is 7.40. The Balaban J connectivity index is 1.89. The van der Waals surface area contributed by atoms with E-state index in [9.17, 15) is 0 Å². The van der Waals surface area contributed by atoms with E-state index in [1.165, 1.54) is 24.8 Å². The van der Waals surface area contributed by atoms with E-state index in [1.807, 2.05) is 12.4 Å². The van der Waals surface area contributed by atoms with Crippen LogP contribution in [0.1, 0.15) is 38.7 Å². The van der Waals surface area contributed by atoms with Crippen molar-refractivity contribution in [1.82, 2.24) is 15.3 Å². The first-order chi connectivity index (χ1) is 9.15. The maximum Gasteiger partial charge on any atom is 0.225 e. The third-order valence-corrected chi connectivity index (χ3v) is 3.58. The molecule has 1 aliphatic heterocycles. The number of nitrogens with zero attached hydrogens (tertiary/aromatic N) is 3. The highest BCUT2D eigenvalue weighted by molar-refractivity contribution is 5.28. The van der Waals surface area contributed by atoms with Gasteiger partial charge in [0, 0.05) is 32.0 Å². The van der Waals surface area contributed by atoms with Crippen LogP contribution in [0.5, 0.6) is 0 Å². The normalized spacial score (nSPS) is 19.7. The zero-order valence-electron chi connectivity index (χ0n) is 12.4. The summed E-state index contributed by atoms with van der Waals surface area (Å²) in [7, 11) is 2.08. The third kappa shape index (κ3) is 4.46. The number of hydrogen-bond acceptors (Lipinski definition) is 4. The van der Waals surface area contributed by atoms with E-state index >= 15 is 0 Å². The number of rotatable bonds is 5. The smallest absolute Gasteiger partial charge is 0.225 e. The van der Waals surface area contributed by atoms with Crippen molar-refractivity contribution < 1.29 is 0 Å². The molecule has 0 saturated carbocycles. The molecule has 4 heteroatoms. The Morgan fingerprint density at radius 3 is 2.63 bits per heavy atom. The van der Waals surface area contributed by atoms with Gasteiger partial charge in [-0.2, -0.15) is 0 Å². The molecule has 2 rings (SSSR count). The van der Waals surface area contributed by atoms with Crippen molar-refractivity contribution in [3.63, 3.8) is 0 Å². The van der Waals surface area contributed by atoms with Gasteiger partial charge < -0.3 is 10.2 Å². The molecule has 2 heterocycles. The molecular weight excluding hydrogens is 236 g/mol. The van der Waals surface area contributed by atoms with Crippen molar-refractivity contribution in [2.45, 2.75) is 45.6 Å². The summed E-state index contributed by atoms with van der Waals surface area (Å²) in [6.07, 6.45) is 8.88. The van der Waals surface area contributed by atoms with Crippen LogP contribution >= 0.6 is 0 Å². The molecule has 1 fully saturated rings. The van der Waals surface area contributed by atoms with E-state index in [0.29, 0.717) is 12.0 Å². The minimum absolute atomic E-state index is 0.581. The largest absolute Gasteiger partial charge is 0.342 e. The Morgan fingerprint density at radius 2 is 2.05 bits per heavy atom. The van der Waals surface area contributed by atoms with Crippen LogP contribution in [0.25, 0.3) is 0 Å². The van der Waals surface area contributed by atoms with Crippen LogP contribution in [0.2, 0.25) is 0 Å². The number of aromatic nitrogens is 2. The van der Waals surface area contributed by atoms with Crippen LogP contribution in [0.15, 0.2) is 12.4 Å². The van der Waals surface area contributed by atoms with Crippen LogP contribution in [-0.4, -0.2) is 36.1 Å². The standard InChI is InChI=1S/C15H26N4/c1-12(2)8-13-9-17-15(18-10-13)19(3)11-14-6-4-5-7-16-14/h9-10,12,14,16H,4-8,11H2,1-3H3. The molecule has 0 aliphatic carbocycles. The SMILES string of the molecule is CC(C)Cc1cnc(N(C)CC2CCCCN2)nc1. The van der Waals surface area contributed by atoms with Crippen molar-refractivity contribution in [2.24, 2.45) is 5.92 Å². The molecular formula is C15H26N4. The summed E-state index contributed by atoms with van der Waals surface area (Å²) in [6, 6.07) is 0.581. The summed E-state index contributed by atoms with van der Waals surface area (Å²) in [5.74, 6) is 1.48. The van der Waals surface area contributed by atoms with Crippen LogP contribution in [0, 0.1) is 5.92 Å². The van der Waals surface area contributed by atoms with Crippen molar-refractivity contribution >= 4 is 5.95 Å². The fourth-order valence-corrected chi connectivity index (χ4v) is 2.61. The number of anilines is 1. The van der Waals surface area contributed by atoms with E-state index in [0.717, 1.165) is 25.5 Å². The van der Waals surface area contributed by atoms with Gasteiger partial charge in [0.05, 0.1) is 0 Å². The number of hydrogen-bond donors (Lipinski definition) is 1. The molecule has 4 nitrogen and oxygen atoms in total. The van der Waals surface area contributed by atoms with E-state index in [-0.39, 0.29) is 0 Å². The lowest BCUT2D eigenvalue weighted by molar-refractivity contribution is 0.402. The summed E-state index contributed by atoms with van der Waals surface area (Å²) >= 11 is 0. The average Bonchev–Trinajstić information content (AvgIpc) is 2.40. The van der Waals surface area contributed by atoms with Gasteiger partial charge in [0.1, 0.15) is 0 Å². The van der Waals surface area contributed by atoms with Gasteiger partial charge in [-0.15, -0.1) is 0 Å². The molecule has 1 atom stereocenters. The molecule has 0 spiro atoms. The Hall–Kier alpha value is -1.16. The van der Waals surface area contributed by atoms with Crippen molar-refractivity contribution in [2.75, 3.05) is 25.0 Å². The van der Waals surface area contributed by atoms with Crippen molar-refractivity contribution in [3.8, 4) is 0 Å². The van der Waals surface area contributed by atoms with Crippen LogP contribution in [0.4, 0.5) is 5.95 Å². The van der Waals surface area contributed by atoms with Gasteiger partial charge in [-0.25, -0.2) is 9.97 Å². The Kier molecular flexibility index (Phi) is 5.14. The monoisotopic (exact) mass is 262 g/mol. The lowest BCUT2D eigenvalue weighted by Crippen LogP contribution is -2.42. The van der Waals surface area contributed by atoms with Crippen LogP contribution in [0.3, 0.4) is 0 Å². The quantitative estimate of drug-likeness (QED) is 0.883. The predicted octanol–water partition coefficient (Wildman–Crippen LogP) is 2.25. The lowest BCUT2D eigenvalue weighted by Gasteiger charge is -2.28. The van der Waals surface area contributed by atoms with Gasteiger partial charge in [0.25, 0.3) is 0 Å². The summed E-state index contributed by atoms with van der Waals surface area (Å²) in [5, 5.41) is 3.56. The highest BCUT2D eigenvalue weighted by Crippen LogP contribution is 2.12. The maximum atomic E-state index is 4.48. The minimum atomic E-state index is 0.581.